The number of carbonyl (C=O) groups is 1. The number of piperidine rings is 1. The van der Waals surface area contributed by atoms with Crippen molar-refractivity contribution >= 4 is 28.6 Å². The predicted octanol–water partition coefficient (Wildman–Crippen LogP) is 3.33. The summed E-state index contributed by atoms with van der Waals surface area (Å²) in [5.41, 5.74) is 4.12. The molecule has 2 aromatic rings. The summed E-state index contributed by atoms with van der Waals surface area (Å²) in [5, 5.41) is 6.25. The second-order valence-electron chi connectivity index (χ2n) is 6.76. The van der Waals surface area contributed by atoms with Crippen molar-refractivity contribution in [2.45, 2.75) is 25.8 Å². The number of rotatable bonds is 3. The minimum absolute atomic E-state index is 0.115. The van der Waals surface area contributed by atoms with Gasteiger partial charge in [-0.2, -0.15) is 11.3 Å². The Labute approximate surface area is 144 Å². The van der Waals surface area contributed by atoms with Crippen LogP contribution in [0.4, 0.5) is 0 Å². The largest absolute Gasteiger partial charge is 0.337 e. The fourth-order valence-electron chi connectivity index (χ4n) is 3.82. The number of thiophene rings is 1. The van der Waals surface area contributed by atoms with Gasteiger partial charge in [0.1, 0.15) is 5.69 Å². The zero-order valence-electron chi connectivity index (χ0n) is 13.1. The zero-order valence-corrected chi connectivity index (χ0v) is 14.7. The summed E-state index contributed by atoms with van der Waals surface area (Å²) >= 11 is 3.26. The maximum absolute atomic E-state index is 12.5. The van der Waals surface area contributed by atoms with Gasteiger partial charge in [-0.05, 0) is 60.2 Å². The highest BCUT2D eigenvalue weighted by atomic mass is 32.1. The molecule has 2 saturated heterocycles. The molecule has 0 unspecified atom stereocenters. The Morgan fingerprint density at radius 2 is 2.00 bits per heavy atom. The minimum Gasteiger partial charge on any atom is -0.337 e. The average Bonchev–Trinajstić information content (AvgIpc) is 3.31. The van der Waals surface area contributed by atoms with Crippen molar-refractivity contribution in [2.24, 2.45) is 5.41 Å². The summed E-state index contributed by atoms with van der Waals surface area (Å²) in [4.78, 5) is 21.2. The molecule has 1 spiro atoms. The lowest BCUT2D eigenvalue weighted by Crippen LogP contribution is -2.41. The quantitative estimate of drug-likeness (QED) is 0.854. The molecule has 122 valence electrons. The topological polar surface area (TPSA) is 36.4 Å². The summed E-state index contributed by atoms with van der Waals surface area (Å²) in [6, 6.07) is 2.22. The van der Waals surface area contributed by atoms with Crippen molar-refractivity contribution < 1.29 is 4.79 Å². The third-order valence-corrected chi connectivity index (χ3v) is 6.60. The van der Waals surface area contributed by atoms with Gasteiger partial charge in [-0.1, -0.05) is 0 Å². The van der Waals surface area contributed by atoms with Crippen LogP contribution < -0.4 is 0 Å². The molecule has 4 nitrogen and oxygen atoms in total. The number of thiazole rings is 1. The van der Waals surface area contributed by atoms with Crippen LogP contribution in [0.3, 0.4) is 0 Å². The standard InChI is InChI=1S/C17H21N3OS2/c21-16(15-11-23-13-18-15)20-7-4-17(12-20)2-5-19(6-3-17)9-14-1-8-22-10-14/h1,8,10-11,13H,2-7,9,12H2. The first kappa shape index (κ1) is 15.3. The van der Waals surface area contributed by atoms with Gasteiger partial charge in [0.15, 0.2) is 0 Å². The molecule has 0 atom stereocenters. The fraction of sp³-hybridized carbons (Fsp3) is 0.529. The van der Waals surface area contributed by atoms with Crippen LogP contribution in [0.1, 0.15) is 35.3 Å². The van der Waals surface area contributed by atoms with Gasteiger partial charge in [0, 0.05) is 25.0 Å². The first-order valence-corrected chi connectivity index (χ1v) is 10.0. The van der Waals surface area contributed by atoms with Gasteiger partial charge in [-0.3, -0.25) is 9.69 Å². The van der Waals surface area contributed by atoms with E-state index < -0.39 is 0 Å². The van der Waals surface area contributed by atoms with E-state index in [1.54, 1.807) is 16.8 Å². The molecule has 0 radical (unpaired) electrons. The molecule has 0 N–H and O–H groups in total. The zero-order chi connectivity index (χ0) is 15.7. The number of hydrogen-bond acceptors (Lipinski definition) is 5. The van der Waals surface area contributed by atoms with E-state index in [9.17, 15) is 4.79 Å². The van der Waals surface area contributed by atoms with Crippen molar-refractivity contribution in [3.8, 4) is 0 Å². The highest BCUT2D eigenvalue weighted by Gasteiger charge is 2.42. The van der Waals surface area contributed by atoms with Crippen LogP contribution in [0.15, 0.2) is 27.7 Å². The normalized spacial score (nSPS) is 21.1. The first-order chi connectivity index (χ1) is 11.2. The van der Waals surface area contributed by atoms with Gasteiger partial charge < -0.3 is 4.90 Å². The average molecular weight is 348 g/mol. The van der Waals surface area contributed by atoms with Crippen molar-refractivity contribution in [2.75, 3.05) is 26.2 Å². The van der Waals surface area contributed by atoms with Crippen LogP contribution in [0.2, 0.25) is 0 Å². The molecule has 0 bridgehead atoms. The molecule has 6 heteroatoms. The Morgan fingerprint density at radius 3 is 2.70 bits per heavy atom. The van der Waals surface area contributed by atoms with Crippen molar-refractivity contribution in [1.82, 2.24) is 14.8 Å². The second-order valence-corrected chi connectivity index (χ2v) is 8.26. The van der Waals surface area contributed by atoms with E-state index in [0.29, 0.717) is 11.1 Å². The Morgan fingerprint density at radius 1 is 1.17 bits per heavy atom. The van der Waals surface area contributed by atoms with Crippen molar-refractivity contribution in [3.63, 3.8) is 0 Å². The maximum Gasteiger partial charge on any atom is 0.273 e. The second kappa shape index (κ2) is 6.34. The molecule has 1 amide bonds. The Hall–Kier alpha value is -1.24. The molecule has 2 aromatic heterocycles. The molecule has 2 fully saturated rings. The smallest absolute Gasteiger partial charge is 0.273 e. The monoisotopic (exact) mass is 347 g/mol. The number of likely N-dealkylation sites (tertiary alicyclic amines) is 2. The van der Waals surface area contributed by atoms with Crippen LogP contribution in [-0.2, 0) is 6.54 Å². The lowest BCUT2D eigenvalue weighted by Gasteiger charge is -2.39. The van der Waals surface area contributed by atoms with E-state index in [2.05, 4.69) is 26.7 Å². The fourth-order valence-corrected chi connectivity index (χ4v) is 5.01. The van der Waals surface area contributed by atoms with Crippen LogP contribution >= 0.6 is 22.7 Å². The summed E-state index contributed by atoms with van der Waals surface area (Å²) in [6.07, 6.45) is 3.56. The lowest BCUT2D eigenvalue weighted by atomic mass is 9.77. The Kier molecular flexibility index (Phi) is 4.22. The predicted molar refractivity (Wildman–Crippen MR) is 93.9 cm³/mol. The molecule has 0 saturated carbocycles. The molecule has 4 heterocycles. The molecular weight excluding hydrogens is 326 g/mol. The lowest BCUT2D eigenvalue weighted by molar-refractivity contribution is 0.0709. The van der Waals surface area contributed by atoms with Crippen LogP contribution in [0.25, 0.3) is 0 Å². The first-order valence-electron chi connectivity index (χ1n) is 8.15. The molecule has 2 aliphatic rings. The van der Waals surface area contributed by atoms with Gasteiger partial charge in [-0.15, -0.1) is 11.3 Å². The summed E-state index contributed by atoms with van der Waals surface area (Å²) in [7, 11) is 0. The van der Waals surface area contributed by atoms with Crippen LogP contribution in [-0.4, -0.2) is 46.9 Å². The molecule has 4 rings (SSSR count). The van der Waals surface area contributed by atoms with Gasteiger partial charge in [0.25, 0.3) is 5.91 Å². The summed E-state index contributed by atoms with van der Waals surface area (Å²) in [6.45, 7) is 5.17. The van der Waals surface area contributed by atoms with Gasteiger partial charge in [-0.25, -0.2) is 4.98 Å². The third-order valence-electron chi connectivity index (χ3n) is 5.28. The number of carbonyl (C=O) groups excluding carboxylic acids is 1. The highest BCUT2D eigenvalue weighted by Crippen LogP contribution is 2.41. The number of hydrogen-bond donors (Lipinski definition) is 0. The van der Waals surface area contributed by atoms with Gasteiger partial charge >= 0.3 is 0 Å². The number of aromatic nitrogens is 1. The highest BCUT2D eigenvalue weighted by molar-refractivity contribution is 7.08. The van der Waals surface area contributed by atoms with E-state index in [1.165, 1.54) is 29.7 Å². The molecular formula is C17H21N3OS2. The number of amides is 1. The summed E-state index contributed by atoms with van der Waals surface area (Å²) in [5.74, 6) is 0.115. The van der Waals surface area contributed by atoms with E-state index in [0.717, 1.165) is 39.1 Å². The molecule has 0 aromatic carbocycles. The number of nitrogens with zero attached hydrogens (tertiary/aromatic N) is 3. The van der Waals surface area contributed by atoms with E-state index in [4.69, 9.17) is 0 Å². The van der Waals surface area contributed by atoms with Crippen LogP contribution in [0.5, 0.6) is 0 Å². The maximum atomic E-state index is 12.5. The Balaban J connectivity index is 1.34. The third kappa shape index (κ3) is 3.20. The van der Waals surface area contributed by atoms with E-state index in [1.807, 2.05) is 10.3 Å². The minimum atomic E-state index is 0.115. The van der Waals surface area contributed by atoms with Crippen molar-refractivity contribution in [1.29, 1.82) is 0 Å². The summed E-state index contributed by atoms with van der Waals surface area (Å²) < 4.78 is 0. The van der Waals surface area contributed by atoms with Gasteiger partial charge in [0.2, 0.25) is 0 Å². The molecule has 0 aliphatic carbocycles. The molecule has 23 heavy (non-hydrogen) atoms. The molecule has 2 aliphatic heterocycles. The van der Waals surface area contributed by atoms with E-state index in [-0.39, 0.29) is 5.91 Å². The van der Waals surface area contributed by atoms with Crippen LogP contribution in [0, 0.1) is 5.41 Å². The van der Waals surface area contributed by atoms with Crippen molar-refractivity contribution in [3.05, 3.63) is 39.0 Å². The van der Waals surface area contributed by atoms with Gasteiger partial charge in [0.05, 0.1) is 5.51 Å². The Bertz CT molecular complexity index is 645. The SMILES string of the molecule is O=C(c1cscn1)N1CCC2(CCN(Cc3ccsc3)CC2)C1. The van der Waals surface area contributed by atoms with E-state index >= 15 is 0 Å².